The average Bonchev–Trinajstić information content (AvgIpc) is 2.55. The highest BCUT2D eigenvalue weighted by atomic mass is 35.5. The Bertz CT molecular complexity index is 769. The Hall–Kier alpha value is -2.79. The van der Waals surface area contributed by atoms with Crippen molar-refractivity contribution in [2.24, 2.45) is 0 Å². The second-order valence-corrected chi connectivity index (χ2v) is 5.26. The summed E-state index contributed by atoms with van der Waals surface area (Å²) in [4.78, 5) is 24.4. The number of hydrogen-bond donors (Lipinski definition) is 2. The van der Waals surface area contributed by atoms with E-state index in [4.69, 9.17) is 16.3 Å². The Morgan fingerprint density at radius 2 is 1.92 bits per heavy atom. The highest BCUT2D eigenvalue weighted by molar-refractivity contribution is 6.30. The molecule has 0 aliphatic carbocycles. The molecule has 5 nitrogen and oxygen atoms in total. The Kier molecular flexibility index (Phi) is 5.98. The molecule has 2 N–H and O–H groups in total. The molecule has 124 valence electrons. The van der Waals surface area contributed by atoms with Crippen molar-refractivity contribution in [3.8, 4) is 5.75 Å². The van der Waals surface area contributed by atoms with Crippen molar-refractivity contribution >= 4 is 29.0 Å². The summed E-state index contributed by atoms with van der Waals surface area (Å²) in [5.74, 6) is -1.00. The molecular weight excluding hydrogens is 330 g/mol. The predicted octanol–water partition coefficient (Wildman–Crippen LogP) is 3.79. The number of hydrogen-bond acceptors (Lipinski definition) is 5. The van der Waals surface area contributed by atoms with Gasteiger partial charge in [0.25, 0.3) is 0 Å². The normalized spacial score (nSPS) is 11.0. The number of halogens is 1. The van der Waals surface area contributed by atoms with Crippen LogP contribution in [0.1, 0.15) is 17.3 Å². The minimum Gasteiger partial charge on any atom is -0.508 e. The SMILES string of the molecule is CCOC(=O)/C(=C/C(=O)c1ccc(Cl)cc1)Nc1cccc(O)c1. The van der Waals surface area contributed by atoms with Gasteiger partial charge in [0.15, 0.2) is 5.78 Å². The zero-order valence-electron chi connectivity index (χ0n) is 13.0. The first kappa shape index (κ1) is 17.6. The molecule has 0 aromatic heterocycles. The lowest BCUT2D eigenvalue weighted by Crippen LogP contribution is -2.16. The summed E-state index contributed by atoms with van der Waals surface area (Å²) in [5, 5.41) is 12.8. The molecule has 2 rings (SSSR count). The third-order valence-electron chi connectivity index (χ3n) is 3.02. The van der Waals surface area contributed by atoms with E-state index >= 15 is 0 Å². The van der Waals surface area contributed by atoms with Crippen LogP contribution in [0, 0.1) is 0 Å². The van der Waals surface area contributed by atoms with E-state index in [1.165, 1.54) is 12.1 Å². The van der Waals surface area contributed by atoms with Crippen LogP contribution in [0.4, 0.5) is 5.69 Å². The summed E-state index contributed by atoms with van der Waals surface area (Å²) in [6.07, 6.45) is 1.16. The fraction of sp³-hybridized carbons (Fsp3) is 0.111. The second-order valence-electron chi connectivity index (χ2n) is 4.82. The molecule has 0 saturated carbocycles. The molecule has 6 heteroatoms. The van der Waals surface area contributed by atoms with E-state index in [2.05, 4.69) is 5.32 Å². The third kappa shape index (κ3) is 4.86. The van der Waals surface area contributed by atoms with E-state index in [9.17, 15) is 14.7 Å². The molecule has 2 aromatic carbocycles. The zero-order chi connectivity index (χ0) is 17.5. The topological polar surface area (TPSA) is 75.6 Å². The zero-order valence-corrected chi connectivity index (χ0v) is 13.7. The maximum absolute atomic E-state index is 12.3. The second kappa shape index (κ2) is 8.17. The molecule has 0 heterocycles. The molecule has 0 spiro atoms. The lowest BCUT2D eigenvalue weighted by Gasteiger charge is -2.10. The van der Waals surface area contributed by atoms with Gasteiger partial charge in [-0.2, -0.15) is 0 Å². The first-order chi connectivity index (χ1) is 11.5. The van der Waals surface area contributed by atoms with Crippen LogP contribution in [0.3, 0.4) is 0 Å². The van der Waals surface area contributed by atoms with Crippen molar-refractivity contribution in [3.63, 3.8) is 0 Å². The van der Waals surface area contributed by atoms with Crippen LogP contribution in [0.2, 0.25) is 5.02 Å². The minimum absolute atomic E-state index is 0.0256. The standard InChI is InChI=1S/C18H16ClNO4/c1-2-24-18(23)16(20-14-4-3-5-15(21)10-14)11-17(22)12-6-8-13(19)9-7-12/h3-11,20-21H,2H2,1H3/b16-11-. The van der Waals surface area contributed by atoms with Crippen LogP contribution in [0.15, 0.2) is 60.3 Å². The van der Waals surface area contributed by atoms with Crippen LogP contribution in [-0.4, -0.2) is 23.5 Å². The number of ether oxygens (including phenoxy) is 1. The highest BCUT2D eigenvalue weighted by Gasteiger charge is 2.14. The van der Waals surface area contributed by atoms with Crippen molar-refractivity contribution in [2.45, 2.75) is 6.92 Å². The molecule has 0 unspecified atom stereocenters. The molecule has 0 bridgehead atoms. The predicted molar refractivity (Wildman–Crippen MR) is 92.2 cm³/mol. The van der Waals surface area contributed by atoms with Gasteiger partial charge in [0.05, 0.1) is 6.61 Å². The number of phenols is 1. The van der Waals surface area contributed by atoms with Crippen molar-refractivity contribution in [2.75, 3.05) is 11.9 Å². The monoisotopic (exact) mass is 345 g/mol. The largest absolute Gasteiger partial charge is 0.508 e. The van der Waals surface area contributed by atoms with Gasteiger partial charge < -0.3 is 15.2 Å². The van der Waals surface area contributed by atoms with E-state index in [1.54, 1.807) is 43.3 Å². The molecule has 0 saturated heterocycles. The van der Waals surface area contributed by atoms with Gasteiger partial charge in [-0.3, -0.25) is 4.79 Å². The minimum atomic E-state index is -0.664. The van der Waals surface area contributed by atoms with E-state index < -0.39 is 5.97 Å². The lowest BCUT2D eigenvalue weighted by molar-refractivity contribution is -0.138. The van der Waals surface area contributed by atoms with Crippen molar-refractivity contribution in [1.29, 1.82) is 0 Å². The molecule has 0 aliphatic rings. The number of esters is 1. The van der Waals surface area contributed by atoms with Crippen LogP contribution in [0.25, 0.3) is 0 Å². The van der Waals surface area contributed by atoms with E-state index in [0.717, 1.165) is 6.08 Å². The van der Waals surface area contributed by atoms with Crippen molar-refractivity contribution in [1.82, 2.24) is 0 Å². The van der Waals surface area contributed by atoms with Gasteiger partial charge in [-0.05, 0) is 43.3 Å². The molecule has 2 aromatic rings. The van der Waals surface area contributed by atoms with Gasteiger partial charge in [-0.25, -0.2) is 4.79 Å². The van der Waals surface area contributed by atoms with E-state index in [-0.39, 0.29) is 23.8 Å². The van der Waals surface area contributed by atoms with Gasteiger partial charge in [0.1, 0.15) is 11.4 Å². The van der Waals surface area contributed by atoms with Gasteiger partial charge in [-0.1, -0.05) is 17.7 Å². The quantitative estimate of drug-likeness (QED) is 0.473. The smallest absolute Gasteiger partial charge is 0.354 e. The molecular formula is C18H16ClNO4. The number of nitrogens with one attached hydrogen (secondary N) is 1. The summed E-state index contributed by atoms with van der Waals surface area (Å²) in [6, 6.07) is 12.5. The molecule has 24 heavy (non-hydrogen) atoms. The van der Waals surface area contributed by atoms with Crippen LogP contribution >= 0.6 is 11.6 Å². The number of allylic oxidation sites excluding steroid dienone is 1. The van der Waals surface area contributed by atoms with Crippen LogP contribution in [-0.2, 0) is 9.53 Å². The number of aromatic hydroxyl groups is 1. The van der Waals surface area contributed by atoms with Crippen molar-refractivity contribution in [3.05, 3.63) is 70.9 Å². The van der Waals surface area contributed by atoms with Gasteiger partial charge >= 0.3 is 5.97 Å². The molecule has 0 atom stereocenters. The number of anilines is 1. The Morgan fingerprint density at radius 1 is 1.21 bits per heavy atom. The number of carbonyl (C=O) groups excluding carboxylic acids is 2. The summed E-state index contributed by atoms with van der Waals surface area (Å²) in [6.45, 7) is 1.85. The van der Waals surface area contributed by atoms with Crippen molar-refractivity contribution < 1.29 is 19.4 Å². The summed E-state index contributed by atoms with van der Waals surface area (Å²) >= 11 is 5.80. The average molecular weight is 346 g/mol. The maximum atomic E-state index is 12.3. The summed E-state index contributed by atoms with van der Waals surface area (Å²) in [5.41, 5.74) is 0.819. The Morgan fingerprint density at radius 3 is 2.54 bits per heavy atom. The van der Waals surface area contributed by atoms with Gasteiger partial charge in [0, 0.05) is 28.4 Å². The molecule has 0 aliphatic heterocycles. The van der Waals surface area contributed by atoms with E-state index in [1.807, 2.05) is 0 Å². The summed E-state index contributed by atoms with van der Waals surface area (Å²) < 4.78 is 4.96. The lowest BCUT2D eigenvalue weighted by atomic mass is 10.1. The first-order valence-corrected chi connectivity index (χ1v) is 7.62. The third-order valence-corrected chi connectivity index (χ3v) is 3.28. The van der Waals surface area contributed by atoms with Gasteiger partial charge in [0.2, 0.25) is 0 Å². The maximum Gasteiger partial charge on any atom is 0.354 e. The number of rotatable bonds is 6. The van der Waals surface area contributed by atoms with Gasteiger partial charge in [-0.15, -0.1) is 0 Å². The van der Waals surface area contributed by atoms with Crippen LogP contribution in [0.5, 0.6) is 5.75 Å². The molecule has 0 fully saturated rings. The fourth-order valence-corrected chi connectivity index (χ4v) is 2.05. The number of carbonyl (C=O) groups is 2. The Labute approximate surface area is 144 Å². The number of phenolic OH excluding ortho intramolecular Hbond substituents is 1. The van der Waals surface area contributed by atoms with Crippen LogP contribution < -0.4 is 5.32 Å². The highest BCUT2D eigenvalue weighted by Crippen LogP contribution is 2.18. The Balaban J connectivity index is 2.29. The fourth-order valence-electron chi connectivity index (χ4n) is 1.92. The number of benzene rings is 2. The number of ketones is 1. The van der Waals surface area contributed by atoms with E-state index in [0.29, 0.717) is 16.3 Å². The molecule has 0 amide bonds. The summed E-state index contributed by atoms with van der Waals surface area (Å²) in [7, 11) is 0. The first-order valence-electron chi connectivity index (χ1n) is 7.24. The molecule has 0 radical (unpaired) electrons.